The Hall–Kier alpha value is -0.960. The lowest BCUT2D eigenvalue weighted by Gasteiger charge is -2.44. The van der Waals surface area contributed by atoms with Crippen LogP contribution in [0.25, 0.3) is 0 Å². The standard InChI is InChI=1S/C55H104O24/c1-3-5-7-9-11-13-15-17-19-22-54(30-72-50-46(68)42(64)38(60)34(26-56)76-50,31-73-51-47(69)43(65)39(61)35(27-57)77-51)24-21-25-55(23-20-18-16-14-12-10-8-6-4-2,32-74-52-48(70)44(66)40(62)36(28-58)78-52)33-75-53-49(71)45(67)41(63)37(29-59)79-53/h34-53,56-71H,3-33H2,1-2H3/t34?,35?,36?,37?,38-,39-,40-,41-,42+,43+,44+,45+,46?,47?,48?,49?,50-,51-,52-,53-,54?,55?/m1/s1. The molecular weight excluding hydrogens is 1040 g/mol. The maximum Gasteiger partial charge on any atom is 0.186 e. The van der Waals surface area contributed by atoms with Crippen molar-refractivity contribution in [3.63, 3.8) is 0 Å². The molecule has 0 aromatic heterocycles. The highest BCUT2D eigenvalue weighted by Crippen LogP contribution is 2.41. The number of hydrogen-bond donors (Lipinski definition) is 16. The van der Waals surface area contributed by atoms with Gasteiger partial charge in [-0.05, 0) is 25.7 Å². The Labute approximate surface area is 466 Å². The van der Waals surface area contributed by atoms with E-state index in [2.05, 4.69) is 13.8 Å². The predicted molar refractivity (Wildman–Crippen MR) is 281 cm³/mol. The van der Waals surface area contributed by atoms with Gasteiger partial charge in [0.05, 0.1) is 52.9 Å². The van der Waals surface area contributed by atoms with E-state index < -0.39 is 160 Å². The predicted octanol–water partition coefficient (Wildman–Crippen LogP) is -0.763. The molecule has 0 aliphatic carbocycles. The van der Waals surface area contributed by atoms with E-state index in [-0.39, 0.29) is 45.7 Å². The van der Waals surface area contributed by atoms with Crippen LogP contribution in [0.3, 0.4) is 0 Å². The molecule has 24 heteroatoms. The van der Waals surface area contributed by atoms with Crippen LogP contribution < -0.4 is 0 Å². The van der Waals surface area contributed by atoms with Gasteiger partial charge in [0, 0.05) is 10.8 Å². The fourth-order valence-corrected chi connectivity index (χ4v) is 11.2. The summed E-state index contributed by atoms with van der Waals surface area (Å²) in [5.74, 6) is 0. The van der Waals surface area contributed by atoms with Gasteiger partial charge in [-0.2, -0.15) is 0 Å². The molecule has 8 unspecified atom stereocenters. The van der Waals surface area contributed by atoms with Gasteiger partial charge in [-0.3, -0.25) is 0 Å². The Morgan fingerprint density at radius 2 is 0.468 bits per heavy atom. The lowest BCUT2D eigenvalue weighted by molar-refractivity contribution is -0.320. The molecule has 0 spiro atoms. The van der Waals surface area contributed by atoms with Crippen LogP contribution in [-0.2, 0) is 37.9 Å². The molecule has 0 radical (unpaired) electrons. The molecule has 4 saturated heterocycles. The average Bonchev–Trinajstić information content (AvgIpc) is 3.45. The molecule has 0 aromatic rings. The second-order valence-corrected chi connectivity index (χ2v) is 23.0. The molecule has 20 atom stereocenters. The van der Waals surface area contributed by atoms with E-state index >= 15 is 0 Å². The summed E-state index contributed by atoms with van der Waals surface area (Å²) < 4.78 is 48.4. The Balaban J connectivity index is 1.75. The number of aliphatic hydroxyl groups excluding tert-OH is 16. The molecule has 4 aliphatic heterocycles. The highest BCUT2D eigenvalue weighted by atomic mass is 16.7. The Kier molecular flexibility index (Phi) is 32.8. The van der Waals surface area contributed by atoms with Crippen LogP contribution in [0.15, 0.2) is 0 Å². The molecule has 468 valence electrons. The molecule has 79 heavy (non-hydrogen) atoms. The van der Waals surface area contributed by atoms with Crippen molar-refractivity contribution >= 4 is 0 Å². The average molecular weight is 1150 g/mol. The van der Waals surface area contributed by atoms with Crippen molar-refractivity contribution in [1.82, 2.24) is 0 Å². The fourth-order valence-electron chi connectivity index (χ4n) is 11.2. The van der Waals surface area contributed by atoms with E-state index in [0.29, 0.717) is 25.7 Å². The third kappa shape index (κ3) is 21.2. The molecule has 0 amide bonds. The maximum atomic E-state index is 11.1. The molecule has 0 bridgehead atoms. The van der Waals surface area contributed by atoms with Crippen molar-refractivity contribution in [3.05, 3.63) is 0 Å². The number of aliphatic hydroxyl groups is 16. The first-order valence-electron chi connectivity index (χ1n) is 29.6. The first kappa shape index (κ1) is 70.5. The van der Waals surface area contributed by atoms with E-state index in [9.17, 15) is 81.7 Å². The first-order valence-corrected chi connectivity index (χ1v) is 29.6. The van der Waals surface area contributed by atoms with Gasteiger partial charge in [-0.1, -0.05) is 136 Å². The van der Waals surface area contributed by atoms with E-state index in [1.54, 1.807) is 0 Å². The molecular formula is C55H104O24. The zero-order valence-electron chi connectivity index (χ0n) is 46.9. The summed E-state index contributed by atoms with van der Waals surface area (Å²) in [5.41, 5.74) is -2.23. The third-order valence-corrected chi connectivity index (χ3v) is 16.6. The Morgan fingerprint density at radius 3 is 0.684 bits per heavy atom. The van der Waals surface area contributed by atoms with E-state index in [4.69, 9.17) is 37.9 Å². The minimum atomic E-state index is -1.77. The summed E-state index contributed by atoms with van der Waals surface area (Å²) in [6, 6.07) is 0. The van der Waals surface area contributed by atoms with Gasteiger partial charge in [-0.25, -0.2) is 0 Å². The molecule has 4 fully saturated rings. The summed E-state index contributed by atoms with van der Waals surface area (Å²) in [5, 5.41) is 170. The number of unbranched alkanes of at least 4 members (excludes halogenated alkanes) is 16. The minimum absolute atomic E-state index is 0.207. The third-order valence-electron chi connectivity index (χ3n) is 16.6. The molecule has 4 heterocycles. The van der Waals surface area contributed by atoms with Crippen molar-refractivity contribution in [2.45, 2.75) is 284 Å². The van der Waals surface area contributed by atoms with Crippen LogP contribution in [0, 0.1) is 10.8 Å². The maximum absolute atomic E-state index is 11.1. The molecule has 24 nitrogen and oxygen atoms in total. The largest absolute Gasteiger partial charge is 0.394 e. The Bertz CT molecular complexity index is 1380. The number of rotatable bonds is 40. The van der Waals surface area contributed by atoms with Gasteiger partial charge < -0.3 is 120 Å². The van der Waals surface area contributed by atoms with Gasteiger partial charge in [0.15, 0.2) is 25.2 Å². The Morgan fingerprint density at radius 1 is 0.266 bits per heavy atom. The zero-order chi connectivity index (χ0) is 58.1. The van der Waals surface area contributed by atoms with Gasteiger partial charge in [0.2, 0.25) is 0 Å². The lowest BCUT2D eigenvalue weighted by atomic mass is 9.74. The van der Waals surface area contributed by atoms with Crippen molar-refractivity contribution in [2.24, 2.45) is 10.8 Å². The normalized spacial score (nSPS) is 37.0. The SMILES string of the molecule is CCCCCCCCCCCC(CCCC(CCCCCCCCCCC)(CO[C@@H]1OC(CO)[C@@H](O)[C@H](O)C1O)CO[C@@H]1OC(CO)[C@@H](O)[C@H](O)C1O)(CO[C@@H]1OC(CO)[C@@H](O)[C@H](O)C1O)CO[C@@H]1OC(CO)[C@@H](O)[C@H](O)C1O. The van der Waals surface area contributed by atoms with Gasteiger partial charge in [0.1, 0.15) is 97.7 Å². The van der Waals surface area contributed by atoms with Crippen LogP contribution >= 0.6 is 0 Å². The van der Waals surface area contributed by atoms with Crippen molar-refractivity contribution < 1.29 is 120 Å². The highest BCUT2D eigenvalue weighted by molar-refractivity contribution is 4.94. The van der Waals surface area contributed by atoms with Crippen molar-refractivity contribution in [1.29, 1.82) is 0 Å². The summed E-state index contributed by atoms with van der Waals surface area (Å²) in [4.78, 5) is 0. The van der Waals surface area contributed by atoms with Crippen molar-refractivity contribution in [3.8, 4) is 0 Å². The topological polar surface area (TPSA) is 398 Å². The summed E-state index contributed by atoms with van der Waals surface area (Å²) in [6.45, 7) is 0.384. The van der Waals surface area contributed by atoms with Gasteiger partial charge in [-0.15, -0.1) is 0 Å². The van der Waals surface area contributed by atoms with Crippen molar-refractivity contribution in [2.75, 3.05) is 52.9 Å². The quantitative estimate of drug-likeness (QED) is 0.0335. The number of hydrogen-bond acceptors (Lipinski definition) is 24. The molecule has 4 rings (SSSR count). The van der Waals surface area contributed by atoms with Gasteiger partial charge >= 0.3 is 0 Å². The van der Waals surface area contributed by atoms with Crippen LogP contribution in [0.4, 0.5) is 0 Å². The second-order valence-electron chi connectivity index (χ2n) is 23.0. The summed E-state index contributed by atoms with van der Waals surface area (Å²) in [6.07, 6.45) is -13.1. The van der Waals surface area contributed by atoms with Crippen LogP contribution in [-0.4, -0.2) is 257 Å². The summed E-state index contributed by atoms with van der Waals surface area (Å²) >= 11 is 0. The van der Waals surface area contributed by atoms with Crippen LogP contribution in [0.1, 0.15) is 162 Å². The lowest BCUT2D eigenvalue weighted by Crippen LogP contribution is -2.60. The number of ether oxygens (including phenoxy) is 8. The second kappa shape index (κ2) is 36.8. The zero-order valence-corrected chi connectivity index (χ0v) is 46.9. The first-order chi connectivity index (χ1) is 37.9. The summed E-state index contributed by atoms with van der Waals surface area (Å²) in [7, 11) is 0. The molecule has 4 aliphatic rings. The van der Waals surface area contributed by atoms with E-state index in [1.165, 1.54) is 0 Å². The van der Waals surface area contributed by atoms with E-state index in [1.807, 2.05) is 0 Å². The molecule has 0 aromatic carbocycles. The molecule has 0 saturated carbocycles. The highest BCUT2D eigenvalue weighted by Gasteiger charge is 2.50. The van der Waals surface area contributed by atoms with Gasteiger partial charge in [0.25, 0.3) is 0 Å². The fraction of sp³-hybridized carbons (Fsp3) is 1.00. The smallest absolute Gasteiger partial charge is 0.186 e. The minimum Gasteiger partial charge on any atom is -0.394 e. The van der Waals surface area contributed by atoms with Crippen LogP contribution in [0.2, 0.25) is 0 Å². The van der Waals surface area contributed by atoms with E-state index in [0.717, 1.165) is 103 Å². The van der Waals surface area contributed by atoms with Crippen LogP contribution in [0.5, 0.6) is 0 Å². The molecule has 16 N–H and O–H groups in total. The monoisotopic (exact) mass is 1150 g/mol.